The molecule has 2 heterocycles. The lowest BCUT2D eigenvalue weighted by Crippen LogP contribution is -2.25. The summed E-state index contributed by atoms with van der Waals surface area (Å²) in [6.45, 7) is 5.22. The van der Waals surface area contributed by atoms with Crippen LogP contribution in [0.15, 0.2) is 21.3 Å². The van der Waals surface area contributed by atoms with Crippen LogP contribution in [0.25, 0.3) is 11.5 Å². The number of halogens is 1. The Bertz CT molecular complexity index is 702. The van der Waals surface area contributed by atoms with Crippen LogP contribution < -0.4 is 10.7 Å². The maximum atomic E-state index is 11.0. The lowest BCUT2D eigenvalue weighted by molar-refractivity contribution is 0.526. The Balaban J connectivity index is 2.22. The molecule has 19 heavy (non-hydrogen) atoms. The quantitative estimate of drug-likeness (QED) is 0.871. The Morgan fingerprint density at radius 3 is 2.84 bits per heavy atom. The highest BCUT2D eigenvalue weighted by Gasteiger charge is 2.35. The van der Waals surface area contributed by atoms with Crippen molar-refractivity contribution in [2.75, 3.05) is 18.5 Å². The maximum absolute atomic E-state index is 11.0. The summed E-state index contributed by atoms with van der Waals surface area (Å²) in [5.74, 6) is -0.303. The number of nitrogens with one attached hydrogen (secondary N) is 1. The number of nitrogens with zero attached hydrogens (tertiary/aromatic N) is 2. The van der Waals surface area contributed by atoms with Crippen LogP contribution in [-0.4, -0.2) is 23.8 Å². The number of fused-ring (bicyclic) bond motifs is 1. The van der Waals surface area contributed by atoms with Crippen molar-refractivity contribution < 1.29 is 4.42 Å². The van der Waals surface area contributed by atoms with Crippen LogP contribution in [-0.2, 0) is 5.41 Å². The third-order valence-electron chi connectivity index (χ3n) is 3.49. The molecule has 0 atom stereocenters. The summed E-state index contributed by atoms with van der Waals surface area (Å²) in [7, 11) is 2.02. The molecule has 0 spiro atoms. The second-order valence-electron chi connectivity index (χ2n) is 5.51. The molecule has 2 aromatic rings. The van der Waals surface area contributed by atoms with Crippen LogP contribution in [0.3, 0.4) is 0 Å². The van der Waals surface area contributed by atoms with E-state index in [1.807, 2.05) is 13.1 Å². The van der Waals surface area contributed by atoms with Gasteiger partial charge in [-0.1, -0.05) is 25.4 Å². The number of likely N-dealkylation sites (N-methyl/N-ethyl adjacent to an activating group) is 1. The Morgan fingerprint density at radius 2 is 2.21 bits per heavy atom. The molecule has 0 unspecified atom stereocenters. The highest BCUT2D eigenvalue weighted by Crippen LogP contribution is 2.45. The fraction of sp³-hybridized carbons (Fsp3) is 0.385. The SMILES string of the molecule is CN1CC(C)(C)c2cc(-c3n[nH]c(=O)o3)cc(Cl)c21. The smallest absolute Gasteiger partial charge is 0.388 e. The van der Waals surface area contributed by atoms with Gasteiger partial charge in [0, 0.05) is 24.6 Å². The van der Waals surface area contributed by atoms with Crippen LogP contribution in [0.1, 0.15) is 19.4 Å². The number of hydrogen-bond acceptors (Lipinski definition) is 4. The van der Waals surface area contributed by atoms with Crippen molar-refractivity contribution in [1.29, 1.82) is 0 Å². The molecule has 1 aliphatic heterocycles. The van der Waals surface area contributed by atoms with Crippen LogP contribution in [0.4, 0.5) is 5.69 Å². The number of aromatic nitrogens is 2. The Kier molecular flexibility index (Phi) is 2.50. The van der Waals surface area contributed by atoms with Gasteiger partial charge in [0.25, 0.3) is 0 Å². The Hall–Kier alpha value is -1.75. The molecule has 100 valence electrons. The zero-order valence-electron chi connectivity index (χ0n) is 11.0. The second-order valence-corrected chi connectivity index (χ2v) is 5.92. The van der Waals surface area contributed by atoms with E-state index in [4.69, 9.17) is 16.0 Å². The summed E-state index contributed by atoms with van der Waals surface area (Å²) < 4.78 is 4.98. The minimum atomic E-state index is -0.567. The molecule has 0 aliphatic carbocycles. The van der Waals surface area contributed by atoms with Gasteiger partial charge in [0.2, 0.25) is 5.89 Å². The van der Waals surface area contributed by atoms with Crippen LogP contribution in [0, 0.1) is 0 Å². The van der Waals surface area contributed by atoms with Gasteiger partial charge >= 0.3 is 5.76 Å². The predicted octanol–water partition coefficient (Wildman–Crippen LogP) is 2.41. The molecule has 0 amide bonds. The number of hydrogen-bond donors (Lipinski definition) is 1. The molecule has 0 saturated heterocycles. The zero-order valence-corrected chi connectivity index (χ0v) is 11.7. The van der Waals surface area contributed by atoms with E-state index in [2.05, 4.69) is 28.9 Å². The molecule has 0 saturated carbocycles. The molecular formula is C13H14ClN3O2. The van der Waals surface area contributed by atoms with E-state index < -0.39 is 5.76 Å². The van der Waals surface area contributed by atoms with Gasteiger partial charge < -0.3 is 9.32 Å². The predicted molar refractivity (Wildman–Crippen MR) is 73.9 cm³/mol. The van der Waals surface area contributed by atoms with Gasteiger partial charge in [0.05, 0.1) is 10.7 Å². The van der Waals surface area contributed by atoms with E-state index in [1.54, 1.807) is 6.07 Å². The van der Waals surface area contributed by atoms with Crippen LogP contribution in [0.2, 0.25) is 5.02 Å². The Labute approximate surface area is 115 Å². The molecule has 0 radical (unpaired) electrons. The maximum Gasteiger partial charge on any atom is 0.434 e. The molecule has 0 fully saturated rings. The van der Waals surface area contributed by atoms with Gasteiger partial charge in [0.1, 0.15) is 0 Å². The van der Waals surface area contributed by atoms with Gasteiger partial charge in [-0.2, -0.15) is 0 Å². The van der Waals surface area contributed by atoms with Crippen molar-refractivity contribution in [3.8, 4) is 11.5 Å². The molecule has 1 aromatic heterocycles. The van der Waals surface area contributed by atoms with Crippen molar-refractivity contribution in [2.45, 2.75) is 19.3 Å². The van der Waals surface area contributed by atoms with Gasteiger partial charge in [0.15, 0.2) is 0 Å². The van der Waals surface area contributed by atoms with Crippen molar-refractivity contribution in [3.05, 3.63) is 33.3 Å². The first kappa shape index (κ1) is 12.3. The first-order valence-corrected chi connectivity index (χ1v) is 6.37. The monoisotopic (exact) mass is 279 g/mol. The molecule has 6 heteroatoms. The topological polar surface area (TPSA) is 62.1 Å². The summed E-state index contributed by atoms with van der Waals surface area (Å²) in [4.78, 5) is 13.2. The van der Waals surface area contributed by atoms with E-state index in [1.165, 1.54) is 0 Å². The average molecular weight is 280 g/mol. The van der Waals surface area contributed by atoms with Crippen molar-refractivity contribution in [1.82, 2.24) is 10.2 Å². The summed E-state index contributed by atoms with van der Waals surface area (Å²) in [6.07, 6.45) is 0. The van der Waals surface area contributed by atoms with Gasteiger partial charge in [-0.25, -0.2) is 9.89 Å². The van der Waals surface area contributed by atoms with Gasteiger partial charge in [-0.15, -0.1) is 5.10 Å². The lowest BCUT2D eigenvalue weighted by atomic mass is 9.86. The number of aromatic amines is 1. The minimum Gasteiger partial charge on any atom is -0.388 e. The average Bonchev–Trinajstić information content (AvgIpc) is 2.82. The number of H-pyrrole nitrogens is 1. The third kappa shape index (κ3) is 1.85. The van der Waals surface area contributed by atoms with E-state index in [0.717, 1.165) is 17.8 Å². The largest absolute Gasteiger partial charge is 0.434 e. The number of anilines is 1. The molecule has 3 rings (SSSR count). The highest BCUT2D eigenvalue weighted by molar-refractivity contribution is 6.34. The molecular weight excluding hydrogens is 266 g/mol. The second kappa shape index (κ2) is 3.87. The standard InChI is InChI=1S/C13H14ClN3O2/c1-13(2)6-17(3)10-8(13)4-7(5-9(10)14)11-15-16-12(18)19-11/h4-5H,6H2,1-3H3,(H,16,18). The molecule has 1 aliphatic rings. The lowest BCUT2D eigenvalue weighted by Gasteiger charge is -2.18. The van der Waals surface area contributed by atoms with Crippen molar-refractivity contribution in [2.24, 2.45) is 0 Å². The van der Waals surface area contributed by atoms with Crippen molar-refractivity contribution >= 4 is 17.3 Å². The first-order chi connectivity index (χ1) is 8.88. The van der Waals surface area contributed by atoms with E-state index in [0.29, 0.717) is 10.6 Å². The minimum absolute atomic E-state index is 0.000332. The molecule has 1 N–H and O–H groups in total. The Morgan fingerprint density at radius 1 is 1.47 bits per heavy atom. The van der Waals surface area contributed by atoms with Gasteiger partial charge in [-0.05, 0) is 17.7 Å². The molecule has 1 aromatic carbocycles. The summed E-state index contributed by atoms with van der Waals surface area (Å²) in [5, 5.41) is 6.75. The van der Waals surface area contributed by atoms with E-state index in [9.17, 15) is 4.79 Å². The summed E-state index contributed by atoms with van der Waals surface area (Å²) in [5.41, 5.74) is 2.89. The van der Waals surface area contributed by atoms with E-state index in [-0.39, 0.29) is 11.3 Å². The zero-order chi connectivity index (χ0) is 13.8. The first-order valence-electron chi connectivity index (χ1n) is 5.99. The summed E-state index contributed by atoms with van der Waals surface area (Å²) >= 11 is 6.35. The van der Waals surface area contributed by atoms with E-state index >= 15 is 0 Å². The summed E-state index contributed by atoms with van der Waals surface area (Å²) in [6, 6.07) is 3.77. The fourth-order valence-electron chi connectivity index (χ4n) is 2.74. The fourth-order valence-corrected chi connectivity index (χ4v) is 3.10. The number of benzene rings is 1. The molecule has 5 nitrogen and oxygen atoms in total. The molecule has 0 bridgehead atoms. The van der Waals surface area contributed by atoms with Crippen LogP contribution in [0.5, 0.6) is 0 Å². The van der Waals surface area contributed by atoms with Crippen LogP contribution >= 0.6 is 11.6 Å². The normalized spacial score (nSPS) is 16.7. The highest BCUT2D eigenvalue weighted by atomic mass is 35.5. The third-order valence-corrected chi connectivity index (χ3v) is 3.78. The van der Waals surface area contributed by atoms with Gasteiger partial charge in [-0.3, -0.25) is 0 Å². The van der Waals surface area contributed by atoms with Crippen molar-refractivity contribution in [3.63, 3.8) is 0 Å². The number of rotatable bonds is 1.